The van der Waals surface area contributed by atoms with E-state index in [2.05, 4.69) is 12.3 Å². The highest BCUT2D eigenvalue weighted by molar-refractivity contribution is 5.29. The molecule has 0 aliphatic carbocycles. The number of benzene rings is 1. The molecule has 0 radical (unpaired) electrons. The lowest BCUT2D eigenvalue weighted by atomic mass is 10.00. The van der Waals surface area contributed by atoms with E-state index in [1.54, 1.807) is 7.11 Å². The number of hydrogen-bond donors (Lipinski definition) is 2. The number of hydrazine groups is 1. The Kier molecular flexibility index (Phi) is 3.99. The van der Waals surface area contributed by atoms with Gasteiger partial charge in [0.1, 0.15) is 5.75 Å². The van der Waals surface area contributed by atoms with Crippen LogP contribution in [0.2, 0.25) is 0 Å². The van der Waals surface area contributed by atoms with Gasteiger partial charge >= 0.3 is 0 Å². The first-order valence-corrected chi connectivity index (χ1v) is 6.00. The van der Waals surface area contributed by atoms with Gasteiger partial charge in [-0.05, 0) is 37.5 Å². The van der Waals surface area contributed by atoms with Gasteiger partial charge in [-0.15, -0.1) is 0 Å². The third-order valence-electron chi connectivity index (χ3n) is 3.29. The predicted molar refractivity (Wildman–Crippen MR) is 66.6 cm³/mol. The third kappa shape index (κ3) is 2.77. The SMILES string of the molecule is COc1ccc(C(NN)C2CCC(C)O2)cc1. The third-order valence-corrected chi connectivity index (χ3v) is 3.29. The van der Waals surface area contributed by atoms with Crippen molar-refractivity contribution in [1.29, 1.82) is 0 Å². The van der Waals surface area contributed by atoms with Crippen LogP contribution in [0, 0.1) is 0 Å². The minimum Gasteiger partial charge on any atom is -0.497 e. The molecule has 1 heterocycles. The summed E-state index contributed by atoms with van der Waals surface area (Å²) in [6, 6.07) is 7.98. The minimum atomic E-state index is 0.0471. The number of hydrogen-bond acceptors (Lipinski definition) is 4. The molecule has 1 aromatic carbocycles. The van der Waals surface area contributed by atoms with Crippen molar-refractivity contribution in [2.45, 2.75) is 38.0 Å². The van der Waals surface area contributed by atoms with E-state index in [4.69, 9.17) is 15.3 Å². The summed E-state index contributed by atoms with van der Waals surface area (Å²) in [5, 5.41) is 0. The number of rotatable bonds is 4. The molecule has 0 amide bonds. The summed E-state index contributed by atoms with van der Waals surface area (Å²) in [6.45, 7) is 2.10. The highest BCUT2D eigenvalue weighted by Crippen LogP contribution is 2.30. The molecule has 3 unspecified atom stereocenters. The molecular weight excluding hydrogens is 216 g/mol. The average Bonchev–Trinajstić information content (AvgIpc) is 2.78. The van der Waals surface area contributed by atoms with Crippen molar-refractivity contribution in [2.75, 3.05) is 7.11 Å². The Labute approximate surface area is 102 Å². The summed E-state index contributed by atoms with van der Waals surface area (Å²) < 4.78 is 11.0. The fraction of sp³-hybridized carbons (Fsp3) is 0.538. The van der Waals surface area contributed by atoms with Crippen molar-refractivity contribution >= 4 is 0 Å². The maximum atomic E-state index is 5.85. The highest BCUT2D eigenvalue weighted by Gasteiger charge is 2.29. The Bertz CT molecular complexity index is 353. The molecule has 0 saturated carbocycles. The fourth-order valence-electron chi connectivity index (χ4n) is 2.31. The molecule has 3 N–H and O–H groups in total. The zero-order valence-corrected chi connectivity index (χ0v) is 10.3. The van der Waals surface area contributed by atoms with Crippen molar-refractivity contribution in [2.24, 2.45) is 5.84 Å². The van der Waals surface area contributed by atoms with Crippen molar-refractivity contribution in [3.05, 3.63) is 29.8 Å². The van der Waals surface area contributed by atoms with E-state index >= 15 is 0 Å². The second kappa shape index (κ2) is 5.49. The monoisotopic (exact) mass is 236 g/mol. The lowest BCUT2D eigenvalue weighted by Gasteiger charge is -2.23. The molecule has 3 atom stereocenters. The van der Waals surface area contributed by atoms with Gasteiger partial charge in [-0.1, -0.05) is 12.1 Å². The van der Waals surface area contributed by atoms with Crippen LogP contribution in [0.4, 0.5) is 0 Å². The summed E-state index contributed by atoms with van der Waals surface area (Å²) in [5.74, 6) is 6.49. The van der Waals surface area contributed by atoms with Crippen LogP contribution in [-0.4, -0.2) is 19.3 Å². The van der Waals surface area contributed by atoms with Gasteiger partial charge in [-0.2, -0.15) is 0 Å². The largest absolute Gasteiger partial charge is 0.497 e. The Morgan fingerprint density at radius 2 is 2.06 bits per heavy atom. The first kappa shape index (κ1) is 12.4. The first-order valence-electron chi connectivity index (χ1n) is 6.00. The van der Waals surface area contributed by atoms with Crippen LogP contribution in [-0.2, 0) is 4.74 Å². The summed E-state index contributed by atoms with van der Waals surface area (Å²) in [5.41, 5.74) is 3.98. The van der Waals surface area contributed by atoms with E-state index in [0.29, 0.717) is 6.10 Å². The second-order valence-corrected chi connectivity index (χ2v) is 4.48. The lowest BCUT2D eigenvalue weighted by Crippen LogP contribution is -2.36. The van der Waals surface area contributed by atoms with E-state index in [-0.39, 0.29) is 12.1 Å². The van der Waals surface area contributed by atoms with E-state index in [1.807, 2.05) is 24.3 Å². The number of methoxy groups -OCH3 is 1. The molecule has 4 heteroatoms. The fourth-order valence-corrected chi connectivity index (χ4v) is 2.31. The van der Waals surface area contributed by atoms with E-state index in [1.165, 1.54) is 0 Å². The second-order valence-electron chi connectivity index (χ2n) is 4.48. The first-order chi connectivity index (χ1) is 8.24. The molecular formula is C13H20N2O2. The highest BCUT2D eigenvalue weighted by atomic mass is 16.5. The van der Waals surface area contributed by atoms with Crippen LogP contribution in [0.1, 0.15) is 31.4 Å². The van der Waals surface area contributed by atoms with Gasteiger partial charge in [0.05, 0.1) is 25.4 Å². The van der Waals surface area contributed by atoms with Gasteiger partial charge in [-0.25, -0.2) is 0 Å². The van der Waals surface area contributed by atoms with E-state index < -0.39 is 0 Å². The zero-order valence-electron chi connectivity index (χ0n) is 10.3. The molecule has 1 saturated heterocycles. The predicted octanol–water partition coefficient (Wildman–Crippen LogP) is 1.77. The Morgan fingerprint density at radius 3 is 2.53 bits per heavy atom. The maximum absolute atomic E-state index is 5.85. The number of ether oxygens (including phenoxy) is 2. The molecule has 17 heavy (non-hydrogen) atoms. The van der Waals surface area contributed by atoms with Gasteiger partial charge in [0.25, 0.3) is 0 Å². The van der Waals surface area contributed by atoms with Crippen LogP contribution >= 0.6 is 0 Å². The zero-order chi connectivity index (χ0) is 12.3. The topological polar surface area (TPSA) is 56.5 Å². The van der Waals surface area contributed by atoms with E-state index in [0.717, 1.165) is 24.2 Å². The summed E-state index contributed by atoms with van der Waals surface area (Å²) in [4.78, 5) is 0. The Hall–Kier alpha value is -1.10. The van der Waals surface area contributed by atoms with Crippen molar-refractivity contribution in [1.82, 2.24) is 5.43 Å². The number of nitrogens with one attached hydrogen (secondary N) is 1. The Balaban J connectivity index is 2.11. The van der Waals surface area contributed by atoms with Crippen molar-refractivity contribution in [3.8, 4) is 5.75 Å². The molecule has 1 aliphatic heterocycles. The molecule has 0 aromatic heterocycles. The van der Waals surface area contributed by atoms with Crippen LogP contribution in [0.5, 0.6) is 5.75 Å². The van der Waals surface area contributed by atoms with Gasteiger partial charge in [0.2, 0.25) is 0 Å². The molecule has 4 nitrogen and oxygen atoms in total. The van der Waals surface area contributed by atoms with Gasteiger partial charge in [0.15, 0.2) is 0 Å². The quantitative estimate of drug-likeness (QED) is 0.618. The standard InChI is InChI=1S/C13H20N2O2/c1-9-3-8-12(17-9)13(15-14)10-4-6-11(16-2)7-5-10/h4-7,9,12-13,15H,3,8,14H2,1-2H3. The minimum absolute atomic E-state index is 0.0471. The van der Waals surface area contributed by atoms with E-state index in [9.17, 15) is 0 Å². The maximum Gasteiger partial charge on any atom is 0.118 e. The summed E-state index contributed by atoms with van der Waals surface area (Å²) in [6.07, 6.45) is 2.62. The van der Waals surface area contributed by atoms with Gasteiger partial charge in [0, 0.05) is 0 Å². The average molecular weight is 236 g/mol. The molecule has 2 rings (SSSR count). The van der Waals surface area contributed by atoms with Gasteiger partial charge in [-0.3, -0.25) is 11.3 Å². The molecule has 0 spiro atoms. The Morgan fingerprint density at radius 1 is 1.35 bits per heavy atom. The molecule has 1 aromatic rings. The summed E-state index contributed by atoms with van der Waals surface area (Å²) >= 11 is 0. The van der Waals surface area contributed by atoms with Crippen LogP contribution in [0.25, 0.3) is 0 Å². The number of nitrogens with two attached hydrogens (primary N) is 1. The molecule has 1 fully saturated rings. The van der Waals surface area contributed by atoms with Crippen LogP contribution < -0.4 is 16.0 Å². The normalized spacial score (nSPS) is 25.8. The molecule has 1 aliphatic rings. The van der Waals surface area contributed by atoms with Crippen molar-refractivity contribution in [3.63, 3.8) is 0 Å². The summed E-state index contributed by atoms with van der Waals surface area (Å²) in [7, 11) is 1.66. The van der Waals surface area contributed by atoms with Crippen molar-refractivity contribution < 1.29 is 9.47 Å². The molecule has 94 valence electrons. The van der Waals surface area contributed by atoms with Gasteiger partial charge < -0.3 is 9.47 Å². The smallest absolute Gasteiger partial charge is 0.118 e. The molecule has 0 bridgehead atoms. The van der Waals surface area contributed by atoms with Crippen LogP contribution in [0.3, 0.4) is 0 Å². The van der Waals surface area contributed by atoms with Crippen LogP contribution in [0.15, 0.2) is 24.3 Å². The lowest BCUT2D eigenvalue weighted by molar-refractivity contribution is 0.0316.